The maximum absolute atomic E-state index is 5.48. The lowest BCUT2D eigenvalue weighted by Gasteiger charge is -2.35. The van der Waals surface area contributed by atoms with Crippen molar-refractivity contribution in [3.63, 3.8) is 0 Å². The first-order valence-electron chi connectivity index (χ1n) is 6.82. The Morgan fingerprint density at radius 3 is 2.95 bits per heavy atom. The SMILES string of the molecule is C=C(C)CNC(=S)N(C)[C@@H]1CCCc2ccccc21. The lowest BCUT2D eigenvalue weighted by molar-refractivity contribution is 0.329. The molecule has 1 aromatic carbocycles. The van der Waals surface area contributed by atoms with Gasteiger partial charge in [0.05, 0.1) is 6.04 Å². The third kappa shape index (κ3) is 3.35. The molecule has 0 saturated heterocycles. The summed E-state index contributed by atoms with van der Waals surface area (Å²) in [7, 11) is 2.08. The summed E-state index contributed by atoms with van der Waals surface area (Å²) in [6.45, 7) is 6.65. The highest BCUT2D eigenvalue weighted by Gasteiger charge is 2.24. The molecular weight excluding hydrogens is 252 g/mol. The predicted octanol–water partition coefficient (Wildman–Crippen LogP) is 3.45. The van der Waals surface area contributed by atoms with E-state index in [1.165, 1.54) is 30.4 Å². The molecule has 0 bridgehead atoms. The minimum atomic E-state index is 0.398. The molecule has 102 valence electrons. The summed E-state index contributed by atoms with van der Waals surface area (Å²) in [5, 5.41) is 4.08. The van der Waals surface area contributed by atoms with Gasteiger partial charge >= 0.3 is 0 Å². The second kappa shape index (κ2) is 6.20. The molecule has 0 aliphatic heterocycles. The molecule has 0 radical (unpaired) electrons. The Morgan fingerprint density at radius 2 is 2.21 bits per heavy atom. The standard InChI is InChI=1S/C16H22N2S/c1-12(2)11-17-16(19)18(3)15-10-6-8-13-7-4-5-9-14(13)15/h4-5,7,9,15H,1,6,8,10-11H2,2-3H3,(H,17,19)/t15-/m1/s1. The molecule has 1 aromatic rings. The van der Waals surface area contributed by atoms with Crippen molar-refractivity contribution in [1.29, 1.82) is 0 Å². The number of nitrogens with zero attached hydrogens (tertiary/aromatic N) is 1. The molecule has 3 heteroatoms. The monoisotopic (exact) mass is 274 g/mol. The molecule has 2 nitrogen and oxygen atoms in total. The molecule has 1 atom stereocenters. The number of aryl methyl sites for hydroxylation is 1. The molecule has 1 N–H and O–H groups in total. The van der Waals surface area contributed by atoms with Gasteiger partial charge in [-0.1, -0.05) is 36.4 Å². The van der Waals surface area contributed by atoms with Crippen LogP contribution in [-0.4, -0.2) is 23.6 Å². The number of fused-ring (bicyclic) bond motifs is 1. The predicted molar refractivity (Wildman–Crippen MR) is 85.3 cm³/mol. The summed E-state index contributed by atoms with van der Waals surface area (Å²) < 4.78 is 0. The van der Waals surface area contributed by atoms with Crippen LogP contribution in [0.3, 0.4) is 0 Å². The Hall–Kier alpha value is -1.35. The number of hydrogen-bond donors (Lipinski definition) is 1. The summed E-state index contributed by atoms with van der Waals surface area (Å²) >= 11 is 5.48. The highest BCUT2D eigenvalue weighted by atomic mass is 32.1. The van der Waals surface area contributed by atoms with Crippen molar-refractivity contribution >= 4 is 17.3 Å². The van der Waals surface area contributed by atoms with E-state index in [1.807, 2.05) is 6.92 Å². The summed E-state index contributed by atoms with van der Waals surface area (Å²) in [6.07, 6.45) is 3.59. The minimum Gasteiger partial charge on any atom is -0.359 e. The summed E-state index contributed by atoms with van der Waals surface area (Å²) in [4.78, 5) is 2.19. The highest BCUT2D eigenvalue weighted by molar-refractivity contribution is 7.80. The molecule has 1 aliphatic carbocycles. The van der Waals surface area contributed by atoms with Crippen LogP contribution in [-0.2, 0) is 6.42 Å². The van der Waals surface area contributed by atoms with Crippen LogP contribution in [0.15, 0.2) is 36.4 Å². The molecule has 1 aliphatic rings. The molecule has 0 amide bonds. The van der Waals surface area contributed by atoms with Crippen LogP contribution in [0, 0.1) is 0 Å². The van der Waals surface area contributed by atoms with Gasteiger partial charge in [0, 0.05) is 13.6 Å². The van der Waals surface area contributed by atoms with Crippen molar-refractivity contribution in [3.05, 3.63) is 47.5 Å². The van der Waals surface area contributed by atoms with Crippen molar-refractivity contribution in [1.82, 2.24) is 10.2 Å². The Morgan fingerprint density at radius 1 is 1.47 bits per heavy atom. The van der Waals surface area contributed by atoms with E-state index in [0.717, 1.165) is 17.2 Å². The van der Waals surface area contributed by atoms with Crippen molar-refractivity contribution in [2.24, 2.45) is 0 Å². The van der Waals surface area contributed by atoms with E-state index in [0.29, 0.717) is 6.04 Å². The van der Waals surface area contributed by atoms with Crippen LogP contribution in [0.1, 0.15) is 36.9 Å². The zero-order chi connectivity index (χ0) is 13.8. The quantitative estimate of drug-likeness (QED) is 0.671. The van der Waals surface area contributed by atoms with Gasteiger partial charge in [0.2, 0.25) is 0 Å². The smallest absolute Gasteiger partial charge is 0.169 e. The van der Waals surface area contributed by atoms with Gasteiger partial charge < -0.3 is 10.2 Å². The molecule has 0 heterocycles. The molecule has 0 spiro atoms. The molecule has 2 rings (SSSR count). The third-order valence-electron chi connectivity index (χ3n) is 3.67. The van der Waals surface area contributed by atoms with Crippen molar-refractivity contribution < 1.29 is 0 Å². The average Bonchev–Trinajstić information content (AvgIpc) is 2.43. The van der Waals surface area contributed by atoms with Crippen LogP contribution < -0.4 is 5.32 Å². The average molecular weight is 274 g/mol. The molecule has 0 saturated carbocycles. The van der Waals surface area contributed by atoms with E-state index < -0.39 is 0 Å². The van der Waals surface area contributed by atoms with Crippen molar-refractivity contribution in [3.8, 4) is 0 Å². The molecular formula is C16H22N2S. The van der Waals surface area contributed by atoms with Crippen molar-refractivity contribution in [2.75, 3.05) is 13.6 Å². The van der Waals surface area contributed by atoms with Crippen LogP contribution in [0.25, 0.3) is 0 Å². The van der Waals surface area contributed by atoms with Crippen molar-refractivity contribution in [2.45, 2.75) is 32.2 Å². The molecule has 0 fully saturated rings. The Bertz CT molecular complexity index is 481. The largest absolute Gasteiger partial charge is 0.359 e. The van der Waals surface area contributed by atoms with Gasteiger partial charge in [-0.25, -0.2) is 0 Å². The minimum absolute atomic E-state index is 0.398. The van der Waals surface area contributed by atoms with Gasteiger partial charge in [0.1, 0.15) is 0 Å². The fraction of sp³-hybridized carbons (Fsp3) is 0.438. The van der Waals surface area contributed by atoms with Gasteiger partial charge in [0.15, 0.2) is 5.11 Å². The van der Waals surface area contributed by atoms with Gasteiger partial charge in [-0.15, -0.1) is 0 Å². The summed E-state index contributed by atoms with van der Waals surface area (Å²) in [5.74, 6) is 0. The maximum Gasteiger partial charge on any atom is 0.169 e. The number of nitrogens with one attached hydrogen (secondary N) is 1. The van der Waals surface area contributed by atoms with E-state index >= 15 is 0 Å². The van der Waals surface area contributed by atoms with E-state index in [-0.39, 0.29) is 0 Å². The van der Waals surface area contributed by atoms with Gasteiger partial charge in [-0.05, 0) is 49.5 Å². The number of thiocarbonyl (C=S) groups is 1. The van der Waals surface area contributed by atoms with E-state index in [9.17, 15) is 0 Å². The summed E-state index contributed by atoms with van der Waals surface area (Å²) in [5.41, 5.74) is 3.99. The van der Waals surface area contributed by atoms with Crippen LogP contribution in [0.2, 0.25) is 0 Å². The fourth-order valence-electron chi connectivity index (χ4n) is 2.62. The van der Waals surface area contributed by atoms with Gasteiger partial charge in [-0.3, -0.25) is 0 Å². The normalized spacial score (nSPS) is 17.5. The third-order valence-corrected chi connectivity index (χ3v) is 4.10. The zero-order valence-electron chi connectivity index (χ0n) is 11.8. The Balaban J connectivity index is 2.10. The number of benzene rings is 1. The first kappa shape index (κ1) is 14.1. The van der Waals surface area contributed by atoms with Gasteiger partial charge in [-0.2, -0.15) is 0 Å². The second-order valence-electron chi connectivity index (χ2n) is 5.33. The topological polar surface area (TPSA) is 15.3 Å². The van der Waals surface area contributed by atoms with E-state index in [2.05, 4.69) is 48.1 Å². The zero-order valence-corrected chi connectivity index (χ0v) is 12.6. The molecule has 19 heavy (non-hydrogen) atoms. The summed E-state index contributed by atoms with van der Waals surface area (Å²) in [6, 6.07) is 9.11. The maximum atomic E-state index is 5.48. The van der Waals surface area contributed by atoms with E-state index in [1.54, 1.807) is 0 Å². The first-order chi connectivity index (χ1) is 9.09. The highest BCUT2D eigenvalue weighted by Crippen LogP contribution is 2.33. The Labute approximate surface area is 121 Å². The van der Waals surface area contributed by atoms with Crippen LogP contribution in [0.5, 0.6) is 0 Å². The first-order valence-corrected chi connectivity index (χ1v) is 7.23. The Kier molecular flexibility index (Phi) is 4.59. The van der Waals surface area contributed by atoms with Crippen LogP contribution in [0.4, 0.5) is 0 Å². The lowest BCUT2D eigenvalue weighted by atomic mass is 9.87. The second-order valence-corrected chi connectivity index (χ2v) is 5.72. The number of rotatable bonds is 3. The van der Waals surface area contributed by atoms with Gasteiger partial charge in [0.25, 0.3) is 0 Å². The molecule has 0 unspecified atom stereocenters. The van der Waals surface area contributed by atoms with E-state index in [4.69, 9.17) is 12.2 Å². The fourth-order valence-corrected chi connectivity index (χ4v) is 2.82. The molecule has 0 aromatic heterocycles. The lowest BCUT2D eigenvalue weighted by Crippen LogP contribution is -2.40. The number of hydrogen-bond acceptors (Lipinski definition) is 1. The van der Waals surface area contributed by atoms with Crippen LogP contribution >= 0.6 is 12.2 Å².